The number of hydrogen-bond acceptors (Lipinski definition) is 10. The van der Waals surface area contributed by atoms with Crippen LogP contribution >= 0.6 is 0 Å². The molecule has 1 aromatic heterocycles. The maximum absolute atomic E-state index is 9.84. The van der Waals surface area contributed by atoms with Gasteiger partial charge in [0.15, 0.2) is 11.5 Å². The molecule has 0 saturated carbocycles. The smallest absolute Gasteiger partial charge is 0.321 e. The minimum atomic E-state index is 0.105. The highest BCUT2D eigenvalue weighted by Crippen LogP contribution is 2.28. The number of aromatic hydroxyl groups is 1. The molecule has 0 unspecified atom stereocenters. The van der Waals surface area contributed by atoms with Gasteiger partial charge in [-0.05, 0) is 47.5 Å². The van der Waals surface area contributed by atoms with E-state index in [2.05, 4.69) is 32.3 Å². The van der Waals surface area contributed by atoms with Gasteiger partial charge in [-0.2, -0.15) is 15.0 Å². The van der Waals surface area contributed by atoms with Gasteiger partial charge in [-0.25, -0.2) is 0 Å². The number of morpholine rings is 1. The maximum Gasteiger partial charge on any atom is 0.321 e. The molecule has 208 valence electrons. The van der Waals surface area contributed by atoms with Gasteiger partial charge in [0.25, 0.3) is 0 Å². The van der Waals surface area contributed by atoms with Crippen LogP contribution < -0.4 is 24.4 Å². The van der Waals surface area contributed by atoms with Gasteiger partial charge in [0, 0.05) is 31.6 Å². The van der Waals surface area contributed by atoms with Gasteiger partial charge >= 0.3 is 6.01 Å². The highest BCUT2D eigenvalue weighted by Gasteiger charge is 2.18. The standard InChI is InChI=1S/C30H33N5O5/c1-37-26-6-4-3-5-24(26)31-23-10-7-21(8-11-23)20-28-32-29(35-14-17-39-18-15-35)34-30(33-28)40-16-13-22-9-12-25(36)27(19-22)38-2/h3-12,19,31,36H,13-18,20H2,1-2H3. The number of ether oxygens (including phenoxy) is 4. The van der Waals surface area contributed by atoms with Crippen molar-refractivity contribution in [3.8, 4) is 23.3 Å². The topological polar surface area (TPSA) is 111 Å². The van der Waals surface area contributed by atoms with Crippen LogP contribution in [-0.4, -0.2) is 67.2 Å². The normalized spacial score (nSPS) is 13.1. The summed E-state index contributed by atoms with van der Waals surface area (Å²) in [5.41, 5.74) is 3.89. The van der Waals surface area contributed by atoms with Crippen molar-refractivity contribution in [3.63, 3.8) is 0 Å². The van der Waals surface area contributed by atoms with Crippen LogP contribution in [0.3, 0.4) is 0 Å². The summed E-state index contributed by atoms with van der Waals surface area (Å²) in [5.74, 6) is 2.53. The van der Waals surface area contributed by atoms with E-state index in [1.165, 1.54) is 7.11 Å². The summed E-state index contributed by atoms with van der Waals surface area (Å²) in [4.78, 5) is 16.1. The molecule has 3 aromatic carbocycles. The van der Waals surface area contributed by atoms with Crippen LogP contribution in [0, 0.1) is 0 Å². The number of anilines is 3. The number of para-hydroxylation sites is 2. The van der Waals surface area contributed by atoms with Crippen molar-refractivity contribution in [3.05, 3.63) is 83.7 Å². The molecule has 0 atom stereocenters. The molecule has 10 heteroatoms. The van der Waals surface area contributed by atoms with E-state index in [9.17, 15) is 5.11 Å². The van der Waals surface area contributed by atoms with Gasteiger partial charge in [-0.1, -0.05) is 30.3 Å². The van der Waals surface area contributed by atoms with Crippen LogP contribution in [0.25, 0.3) is 0 Å². The monoisotopic (exact) mass is 543 g/mol. The Bertz CT molecular complexity index is 1410. The fourth-order valence-corrected chi connectivity index (χ4v) is 4.36. The van der Waals surface area contributed by atoms with Crippen LogP contribution in [0.1, 0.15) is 17.0 Å². The van der Waals surface area contributed by atoms with E-state index in [0.717, 1.165) is 28.3 Å². The first-order valence-electron chi connectivity index (χ1n) is 13.2. The second-order valence-corrected chi connectivity index (χ2v) is 9.24. The largest absolute Gasteiger partial charge is 0.504 e. The van der Waals surface area contributed by atoms with Crippen LogP contribution in [0.4, 0.5) is 17.3 Å². The Kier molecular flexibility index (Phi) is 8.77. The third kappa shape index (κ3) is 6.89. The van der Waals surface area contributed by atoms with Crippen LogP contribution in [-0.2, 0) is 17.6 Å². The van der Waals surface area contributed by atoms with Crippen molar-refractivity contribution in [2.24, 2.45) is 0 Å². The zero-order chi connectivity index (χ0) is 27.7. The lowest BCUT2D eigenvalue weighted by Crippen LogP contribution is -2.37. The number of rotatable bonds is 11. The minimum absolute atomic E-state index is 0.105. The first-order chi connectivity index (χ1) is 19.6. The Labute approximate surface area is 233 Å². The number of hydrogen-bond donors (Lipinski definition) is 2. The molecule has 0 amide bonds. The number of phenols is 1. The minimum Gasteiger partial charge on any atom is -0.504 e. The summed E-state index contributed by atoms with van der Waals surface area (Å²) >= 11 is 0. The van der Waals surface area contributed by atoms with E-state index in [1.807, 2.05) is 42.5 Å². The Hall–Kier alpha value is -4.57. The number of nitrogens with one attached hydrogen (secondary N) is 1. The number of nitrogens with zero attached hydrogens (tertiary/aromatic N) is 4. The zero-order valence-corrected chi connectivity index (χ0v) is 22.7. The lowest BCUT2D eigenvalue weighted by molar-refractivity contribution is 0.122. The predicted octanol–water partition coefficient (Wildman–Crippen LogP) is 4.39. The predicted molar refractivity (Wildman–Crippen MR) is 152 cm³/mol. The molecular formula is C30H33N5O5. The Balaban J connectivity index is 1.29. The lowest BCUT2D eigenvalue weighted by Gasteiger charge is -2.27. The van der Waals surface area contributed by atoms with Crippen molar-refractivity contribution in [1.29, 1.82) is 0 Å². The molecule has 0 aliphatic carbocycles. The van der Waals surface area contributed by atoms with Crippen LogP contribution in [0.2, 0.25) is 0 Å². The van der Waals surface area contributed by atoms with E-state index < -0.39 is 0 Å². The van der Waals surface area contributed by atoms with Crippen molar-refractivity contribution in [1.82, 2.24) is 15.0 Å². The van der Waals surface area contributed by atoms with E-state index in [1.54, 1.807) is 19.2 Å². The maximum atomic E-state index is 9.84. The molecule has 5 rings (SSSR count). The summed E-state index contributed by atoms with van der Waals surface area (Å²) in [7, 11) is 3.19. The van der Waals surface area contributed by atoms with Crippen LogP contribution in [0.15, 0.2) is 66.7 Å². The molecular weight excluding hydrogens is 510 g/mol. The summed E-state index contributed by atoms with van der Waals surface area (Å²) in [5, 5.41) is 13.2. The molecule has 0 radical (unpaired) electrons. The zero-order valence-electron chi connectivity index (χ0n) is 22.7. The summed E-state index contributed by atoms with van der Waals surface area (Å²) in [6.45, 7) is 3.03. The highest BCUT2D eigenvalue weighted by atomic mass is 16.5. The summed E-state index contributed by atoms with van der Waals surface area (Å²) < 4.78 is 22.1. The van der Waals surface area contributed by atoms with Gasteiger partial charge in [-0.3, -0.25) is 0 Å². The van der Waals surface area contributed by atoms with E-state index in [-0.39, 0.29) is 11.8 Å². The molecule has 10 nitrogen and oxygen atoms in total. The van der Waals surface area contributed by atoms with E-state index in [0.29, 0.717) is 63.3 Å². The van der Waals surface area contributed by atoms with Crippen molar-refractivity contribution in [2.45, 2.75) is 12.8 Å². The molecule has 1 saturated heterocycles. The summed E-state index contributed by atoms with van der Waals surface area (Å²) in [6, 6.07) is 21.5. The van der Waals surface area contributed by atoms with Gasteiger partial charge < -0.3 is 34.3 Å². The fraction of sp³-hybridized carbons (Fsp3) is 0.300. The third-order valence-corrected chi connectivity index (χ3v) is 6.51. The average molecular weight is 544 g/mol. The van der Waals surface area contributed by atoms with Crippen molar-refractivity contribution >= 4 is 17.3 Å². The van der Waals surface area contributed by atoms with Crippen LogP contribution in [0.5, 0.6) is 23.3 Å². The third-order valence-electron chi connectivity index (χ3n) is 6.51. The fourth-order valence-electron chi connectivity index (χ4n) is 4.36. The molecule has 4 aromatic rings. The molecule has 0 spiro atoms. The van der Waals surface area contributed by atoms with Crippen molar-refractivity contribution in [2.75, 3.05) is 57.3 Å². The molecule has 40 heavy (non-hydrogen) atoms. The highest BCUT2D eigenvalue weighted by molar-refractivity contribution is 5.66. The van der Waals surface area contributed by atoms with Gasteiger partial charge in [-0.15, -0.1) is 0 Å². The second-order valence-electron chi connectivity index (χ2n) is 9.24. The quantitative estimate of drug-likeness (QED) is 0.283. The Morgan fingerprint density at radius 1 is 0.875 bits per heavy atom. The second kappa shape index (κ2) is 13.0. The van der Waals surface area contributed by atoms with E-state index in [4.69, 9.17) is 23.9 Å². The molecule has 1 aliphatic heterocycles. The number of methoxy groups -OCH3 is 2. The molecule has 1 aliphatic rings. The first kappa shape index (κ1) is 27.0. The molecule has 2 heterocycles. The van der Waals surface area contributed by atoms with Gasteiger partial charge in [0.05, 0.1) is 39.7 Å². The Morgan fingerprint density at radius 2 is 1.62 bits per heavy atom. The number of phenolic OH excluding ortho intramolecular Hbond substituents is 1. The molecule has 0 bridgehead atoms. The van der Waals surface area contributed by atoms with E-state index >= 15 is 0 Å². The molecule has 1 fully saturated rings. The van der Waals surface area contributed by atoms with Crippen molar-refractivity contribution < 1.29 is 24.1 Å². The first-order valence-corrected chi connectivity index (χ1v) is 13.2. The summed E-state index contributed by atoms with van der Waals surface area (Å²) in [6.07, 6.45) is 1.13. The Morgan fingerprint density at radius 3 is 2.40 bits per heavy atom. The lowest BCUT2D eigenvalue weighted by atomic mass is 10.1. The molecule has 2 N–H and O–H groups in total. The average Bonchev–Trinajstić information content (AvgIpc) is 2.99. The number of benzene rings is 3. The van der Waals surface area contributed by atoms with Gasteiger partial charge in [0.1, 0.15) is 11.6 Å². The number of aromatic nitrogens is 3. The SMILES string of the molecule is COc1cc(CCOc2nc(Cc3ccc(Nc4ccccc4OC)cc3)nc(N3CCOCC3)n2)ccc1O. The van der Waals surface area contributed by atoms with Gasteiger partial charge in [0.2, 0.25) is 5.95 Å².